The molecule has 4 aliphatic rings. The van der Waals surface area contributed by atoms with Crippen LogP contribution in [0.2, 0.25) is 0 Å². The predicted octanol–water partition coefficient (Wildman–Crippen LogP) is 1.47. The number of carbonyl (C=O) groups is 6. The summed E-state index contributed by atoms with van der Waals surface area (Å²) < 4.78 is 39.1. The van der Waals surface area contributed by atoms with Crippen LogP contribution >= 0.6 is 0 Å². The number of hydrogen-bond donors (Lipinski definition) is 3. The van der Waals surface area contributed by atoms with E-state index < -0.39 is 86.0 Å². The maximum absolute atomic E-state index is 14.5. The van der Waals surface area contributed by atoms with E-state index in [0.29, 0.717) is 29.0 Å². The highest BCUT2D eigenvalue weighted by atomic mass is 32.2. The van der Waals surface area contributed by atoms with Crippen molar-refractivity contribution in [1.82, 2.24) is 30.3 Å². The highest BCUT2D eigenvalue weighted by Gasteiger charge is 2.62. The molecule has 5 atom stereocenters. The average molecular weight is 755 g/mol. The number of nitrogens with zero attached hydrogens (tertiary/aromatic N) is 3. The molecule has 18 heteroatoms. The van der Waals surface area contributed by atoms with Gasteiger partial charge < -0.3 is 29.8 Å². The fraction of sp³-hybridized carbons (Fsp3) is 0.514. The number of carbonyl (C=O) groups excluding carboxylic acids is 6. The van der Waals surface area contributed by atoms with Gasteiger partial charge in [0.15, 0.2) is 0 Å². The second-order valence-corrected chi connectivity index (χ2v) is 16.7. The van der Waals surface area contributed by atoms with Gasteiger partial charge in [-0.2, -0.15) is 0 Å². The monoisotopic (exact) mass is 754 g/mol. The van der Waals surface area contributed by atoms with E-state index in [1.165, 1.54) is 11.0 Å². The minimum absolute atomic E-state index is 0.0687. The van der Waals surface area contributed by atoms with Gasteiger partial charge in [-0.05, 0) is 54.3 Å². The largest absolute Gasteiger partial charge is 0.497 e. The Kier molecular flexibility index (Phi) is 9.87. The first-order valence-electron chi connectivity index (χ1n) is 17.2. The smallest absolute Gasteiger partial charge is 0.432 e. The van der Waals surface area contributed by atoms with Crippen molar-refractivity contribution in [3.8, 4) is 11.6 Å². The zero-order valence-corrected chi connectivity index (χ0v) is 30.6. The summed E-state index contributed by atoms with van der Waals surface area (Å²) in [6.07, 6.45) is 1.57. The highest BCUT2D eigenvalue weighted by Crippen LogP contribution is 2.45. The number of pyridine rings is 1. The van der Waals surface area contributed by atoms with E-state index in [1.54, 1.807) is 58.3 Å². The van der Waals surface area contributed by atoms with E-state index >= 15 is 0 Å². The summed E-state index contributed by atoms with van der Waals surface area (Å²) >= 11 is 0. The van der Waals surface area contributed by atoms with Crippen LogP contribution in [0.3, 0.4) is 0 Å². The second-order valence-electron chi connectivity index (χ2n) is 14.8. The molecule has 4 fully saturated rings. The number of amides is 6. The summed E-state index contributed by atoms with van der Waals surface area (Å²) in [4.78, 5) is 89.9. The van der Waals surface area contributed by atoms with Crippen LogP contribution in [0.1, 0.15) is 59.3 Å². The average Bonchev–Trinajstić information content (AvgIpc) is 4.02. The van der Waals surface area contributed by atoms with Gasteiger partial charge in [-0.1, -0.05) is 26.8 Å². The topological polar surface area (TPSA) is 220 Å². The molecule has 3 N–H and O–H groups in total. The molecule has 53 heavy (non-hydrogen) atoms. The van der Waals surface area contributed by atoms with Crippen LogP contribution in [0.15, 0.2) is 43.1 Å². The van der Waals surface area contributed by atoms with E-state index in [2.05, 4.69) is 26.9 Å². The first-order valence-corrected chi connectivity index (χ1v) is 18.8. The maximum atomic E-state index is 14.5. The van der Waals surface area contributed by atoms with Crippen LogP contribution in [0, 0.1) is 11.3 Å². The van der Waals surface area contributed by atoms with Crippen LogP contribution in [0.5, 0.6) is 11.6 Å². The van der Waals surface area contributed by atoms with E-state index in [9.17, 15) is 37.2 Å². The van der Waals surface area contributed by atoms with Crippen LogP contribution in [-0.4, -0.2) is 102 Å². The number of benzene rings is 1. The number of rotatable bonds is 12. The zero-order chi connectivity index (χ0) is 38.5. The molecule has 2 aliphatic carbocycles. The standard InChI is InChI=1S/C35H42N6O11S/c1-6-20-17-35(20,32(46)39-53(48,49)23-8-9-23)38-29(44)25-16-22(51-30-24-10-7-21(50-5)15-19(24)13-14-36-30)18-40(25)31(45)28(34(2,3)4)37-33(47)52-41-26(42)11-12-27(41)43/h6-7,10,13-15,20,22-23,25,28H,1,8-9,11-12,16-18H2,2-5H3,(H,37,47)(H,38,44)(H,39,46)/t20-,22-,25+,28-,35-/m1/s1. The van der Waals surface area contributed by atoms with Crippen molar-refractivity contribution in [3.05, 3.63) is 43.1 Å². The van der Waals surface area contributed by atoms with E-state index in [1.807, 2.05) is 0 Å². The third kappa shape index (κ3) is 7.63. The molecular weight excluding hydrogens is 712 g/mol. The Morgan fingerprint density at radius 3 is 2.40 bits per heavy atom. The normalized spacial score (nSPS) is 24.7. The Morgan fingerprint density at radius 2 is 1.79 bits per heavy atom. The lowest BCUT2D eigenvalue weighted by molar-refractivity contribution is -0.171. The zero-order valence-electron chi connectivity index (χ0n) is 29.7. The predicted molar refractivity (Wildman–Crippen MR) is 186 cm³/mol. The van der Waals surface area contributed by atoms with Crippen molar-refractivity contribution in [2.45, 2.75) is 88.3 Å². The second kappa shape index (κ2) is 13.9. The molecule has 0 radical (unpaired) electrons. The first kappa shape index (κ1) is 37.5. The van der Waals surface area contributed by atoms with E-state index in [-0.39, 0.29) is 38.1 Å². The summed E-state index contributed by atoms with van der Waals surface area (Å²) in [7, 11) is -2.40. The molecule has 2 saturated carbocycles. The minimum atomic E-state index is -3.94. The number of hydrogen-bond acceptors (Lipinski definition) is 12. The quantitative estimate of drug-likeness (QED) is 0.207. The van der Waals surface area contributed by atoms with Crippen LogP contribution in [0.4, 0.5) is 4.79 Å². The summed E-state index contributed by atoms with van der Waals surface area (Å²) in [5.41, 5.74) is -2.61. The molecule has 2 aliphatic heterocycles. The van der Waals surface area contributed by atoms with Gasteiger partial charge in [0.05, 0.1) is 18.9 Å². The highest BCUT2D eigenvalue weighted by molar-refractivity contribution is 7.91. The Balaban J connectivity index is 1.28. The number of sulfonamides is 1. The Morgan fingerprint density at radius 1 is 1.09 bits per heavy atom. The summed E-state index contributed by atoms with van der Waals surface area (Å²) in [5.74, 6) is -3.53. The van der Waals surface area contributed by atoms with Crippen molar-refractivity contribution in [3.63, 3.8) is 0 Å². The summed E-state index contributed by atoms with van der Waals surface area (Å²) in [5, 5.41) is 6.25. The lowest BCUT2D eigenvalue weighted by Gasteiger charge is -2.35. The number of ether oxygens (including phenoxy) is 2. The number of fused-ring (bicyclic) bond motifs is 1. The van der Waals surface area contributed by atoms with Crippen molar-refractivity contribution in [2.24, 2.45) is 11.3 Å². The SMILES string of the molecule is C=C[C@@H]1C[C@]1(NC(=O)[C@@H]1C[C@@H](Oc2nccc3cc(OC)ccc23)CN1C(=O)[C@@H](NC(=O)ON1C(=O)CCC1=O)C(C)(C)C)C(=O)NS(=O)(=O)C1CC1. The van der Waals surface area contributed by atoms with Gasteiger partial charge in [-0.15, -0.1) is 11.6 Å². The molecule has 2 saturated heterocycles. The molecule has 17 nitrogen and oxygen atoms in total. The lowest BCUT2D eigenvalue weighted by atomic mass is 9.85. The van der Waals surface area contributed by atoms with E-state index in [4.69, 9.17) is 14.3 Å². The number of nitrogens with one attached hydrogen (secondary N) is 3. The first-order chi connectivity index (χ1) is 25.0. The number of aromatic nitrogens is 1. The van der Waals surface area contributed by atoms with Gasteiger partial charge in [-0.25, -0.2) is 18.2 Å². The molecule has 6 amide bonds. The Bertz CT molecular complexity index is 1980. The van der Waals surface area contributed by atoms with Crippen molar-refractivity contribution < 1.29 is 51.5 Å². The molecule has 284 valence electrons. The molecule has 1 aromatic carbocycles. The van der Waals surface area contributed by atoms with Crippen molar-refractivity contribution in [1.29, 1.82) is 0 Å². The maximum Gasteiger partial charge on any atom is 0.432 e. The minimum Gasteiger partial charge on any atom is -0.497 e. The van der Waals surface area contributed by atoms with Gasteiger partial charge in [0.1, 0.15) is 29.5 Å². The number of likely N-dealkylation sites (tertiary alicyclic amines) is 1. The van der Waals surface area contributed by atoms with Crippen LogP contribution < -0.4 is 24.8 Å². The summed E-state index contributed by atoms with van der Waals surface area (Å²) in [6.45, 7) is 8.56. The van der Waals surface area contributed by atoms with Crippen molar-refractivity contribution in [2.75, 3.05) is 13.7 Å². The van der Waals surface area contributed by atoms with E-state index in [0.717, 1.165) is 5.39 Å². The molecule has 0 unspecified atom stereocenters. The number of imide groups is 1. The fourth-order valence-corrected chi connectivity index (χ4v) is 7.96. The fourth-order valence-electron chi connectivity index (χ4n) is 6.60. The van der Waals surface area contributed by atoms with Gasteiger partial charge in [-0.3, -0.25) is 28.7 Å². The number of methoxy groups -OCH3 is 1. The molecule has 2 aromatic rings. The van der Waals surface area contributed by atoms with Gasteiger partial charge >= 0.3 is 6.09 Å². The van der Waals surface area contributed by atoms with Gasteiger partial charge in [0.2, 0.25) is 27.7 Å². The van der Waals surface area contributed by atoms with Crippen LogP contribution in [0.25, 0.3) is 10.8 Å². The molecule has 3 heterocycles. The third-order valence-corrected chi connectivity index (χ3v) is 11.7. The molecular formula is C35H42N6O11S. The molecule has 0 bridgehead atoms. The number of hydroxylamine groups is 2. The summed E-state index contributed by atoms with van der Waals surface area (Å²) in [6, 6.07) is 4.46. The van der Waals surface area contributed by atoms with Crippen molar-refractivity contribution >= 4 is 56.4 Å². The molecule has 0 spiro atoms. The lowest BCUT2D eigenvalue weighted by Crippen LogP contribution is -2.60. The third-order valence-electron chi connectivity index (χ3n) is 9.87. The van der Waals surface area contributed by atoms with Gasteiger partial charge in [0, 0.05) is 36.8 Å². The van der Waals surface area contributed by atoms with Gasteiger partial charge in [0.25, 0.3) is 17.7 Å². The molecule has 1 aromatic heterocycles. The molecule has 6 rings (SSSR count). The Hall–Kier alpha value is -5.26. The Labute approximate surface area is 305 Å². The van der Waals surface area contributed by atoms with Crippen LogP contribution in [-0.2, 0) is 38.8 Å².